The first-order valence-corrected chi connectivity index (χ1v) is 11.0. The van der Waals surface area contributed by atoms with Crippen molar-refractivity contribution in [3.05, 3.63) is 77.6 Å². The number of hydrogen-bond donors (Lipinski definition) is 1. The number of aryl methyl sites for hydroxylation is 2. The number of carbonyl (C=O) groups excluding carboxylic acids is 2. The van der Waals surface area contributed by atoms with Gasteiger partial charge in [-0.15, -0.1) is 11.3 Å². The van der Waals surface area contributed by atoms with Crippen LogP contribution in [0.5, 0.6) is 0 Å². The number of benzene rings is 2. The standard InChI is InChI=1S/C25H18N4O2S/c1-28-12-17(15-5-3-4-6-19(15)28)21-22(24(31)27-23(21)30)18-13-29(2)20-11-14(7-8-16(18)20)25-26-9-10-32-25/h3-13H,1-2H3,(H,27,30,31). The van der Waals surface area contributed by atoms with Crippen LogP contribution in [-0.2, 0) is 23.7 Å². The molecule has 7 heteroatoms. The summed E-state index contributed by atoms with van der Waals surface area (Å²) in [5.74, 6) is -0.729. The Morgan fingerprint density at radius 3 is 2.19 bits per heavy atom. The lowest BCUT2D eigenvalue weighted by Gasteiger charge is -2.04. The average Bonchev–Trinajstić information content (AvgIpc) is 3.55. The van der Waals surface area contributed by atoms with Gasteiger partial charge in [-0.1, -0.05) is 30.3 Å². The number of carbonyl (C=O) groups is 2. The summed E-state index contributed by atoms with van der Waals surface area (Å²) in [7, 11) is 3.89. The van der Waals surface area contributed by atoms with Crippen molar-refractivity contribution < 1.29 is 9.59 Å². The maximum absolute atomic E-state index is 13.0. The second-order valence-electron chi connectivity index (χ2n) is 7.93. The molecule has 0 radical (unpaired) electrons. The number of fused-ring (bicyclic) bond motifs is 2. The summed E-state index contributed by atoms with van der Waals surface area (Å²) in [5.41, 5.74) is 5.35. The van der Waals surface area contributed by atoms with Crippen molar-refractivity contribution in [1.29, 1.82) is 0 Å². The highest BCUT2D eigenvalue weighted by Crippen LogP contribution is 2.39. The lowest BCUT2D eigenvalue weighted by atomic mass is 9.95. The quantitative estimate of drug-likeness (QED) is 0.426. The van der Waals surface area contributed by atoms with Gasteiger partial charge in [0, 0.05) is 76.6 Å². The normalized spacial score (nSPS) is 14.2. The molecule has 1 aliphatic rings. The van der Waals surface area contributed by atoms with Crippen LogP contribution in [-0.4, -0.2) is 25.9 Å². The molecular weight excluding hydrogens is 420 g/mol. The van der Waals surface area contributed by atoms with Crippen molar-refractivity contribution in [3.63, 3.8) is 0 Å². The molecule has 0 spiro atoms. The Labute approximate surface area is 187 Å². The third kappa shape index (κ3) is 2.61. The zero-order chi connectivity index (χ0) is 22.0. The van der Waals surface area contributed by atoms with Gasteiger partial charge in [0.05, 0.1) is 11.1 Å². The van der Waals surface area contributed by atoms with Crippen molar-refractivity contribution in [3.8, 4) is 10.6 Å². The highest BCUT2D eigenvalue weighted by molar-refractivity contribution is 7.13. The summed E-state index contributed by atoms with van der Waals surface area (Å²) < 4.78 is 3.97. The second kappa shape index (κ2) is 6.77. The summed E-state index contributed by atoms with van der Waals surface area (Å²) in [6.45, 7) is 0. The summed E-state index contributed by atoms with van der Waals surface area (Å²) in [6.07, 6.45) is 5.63. The SMILES string of the molecule is Cn1cc(C2=C(c3cn(C)c4cc(-c5nccs5)ccc34)C(=O)NC2=O)c2ccccc21. The van der Waals surface area contributed by atoms with E-state index >= 15 is 0 Å². The van der Waals surface area contributed by atoms with Crippen LogP contribution in [0, 0.1) is 0 Å². The van der Waals surface area contributed by atoms with Crippen molar-refractivity contribution in [2.75, 3.05) is 0 Å². The molecule has 0 fully saturated rings. The molecular formula is C25H18N4O2S. The summed E-state index contributed by atoms with van der Waals surface area (Å²) >= 11 is 1.58. The number of nitrogens with one attached hydrogen (secondary N) is 1. The fourth-order valence-electron chi connectivity index (χ4n) is 4.59. The molecule has 0 atom stereocenters. The third-order valence-electron chi connectivity index (χ3n) is 6.04. The van der Waals surface area contributed by atoms with Crippen molar-refractivity contribution in [2.24, 2.45) is 14.1 Å². The van der Waals surface area contributed by atoms with Crippen LogP contribution in [0.4, 0.5) is 0 Å². The Kier molecular flexibility index (Phi) is 3.97. The number of amides is 2. The molecule has 0 bridgehead atoms. The van der Waals surface area contributed by atoms with Crippen molar-refractivity contribution >= 4 is 56.1 Å². The Hall–Kier alpha value is -3.97. The molecule has 2 amide bonds. The fourth-order valence-corrected chi connectivity index (χ4v) is 5.23. The maximum atomic E-state index is 13.0. The van der Waals surface area contributed by atoms with Gasteiger partial charge >= 0.3 is 0 Å². The van der Waals surface area contributed by atoms with Crippen LogP contribution in [0.1, 0.15) is 11.1 Å². The number of hydrogen-bond acceptors (Lipinski definition) is 4. The molecule has 2 aromatic carbocycles. The van der Waals surface area contributed by atoms with Gasteiger partial charge in [-0.2, -0.15) is 0 Å². The minimum Gasteiger partial charge on any atom is -0.350 e. The van der Waals surface area contributed by atoms with Crippen LogP contribution >= 0.6 is 11.3 Å². The van der Waals surface area contributed by atoms with E-state index in [0.717, 1.165) is 43.5 Å². The van der Waals surface area contributed by atoms with Crippen LogP contribution < -0.4 is 5.32 Å². The Bertz CT molecular complexity index is 1600. The van der Waals surface area contributed by atoms with Crippen LogP contribution in [0.15, 0.2) is 66.4 Å². The molecule has 0 aliphatic carbocycles. The highest BCUT2D eigenvalue weighted by Gasteiger charge is 2.35. The lowest BCUT2D eigenvalue weighted by Crippen LogP contribution is -2.22. The molecule has 1 aliphatic heterocycles. The molecule has 1 N–H and O–H groups in total. The second-order valence-corrected chi connectivity index (χ2v) is 8.82. The van der Waals surface area contributed by atoms with E-state index in [1.165, 1.54) is 0 Å². The monoisotopic (exact) mass is 438 g/mol. The Morgan fingerprint density at radius 1 is 0.844 bits per heavy atom. The molecule has 3 aromatic heterocycles. The first-order valence-electron chi connectivity index (χ1n) is 10.2. The van der Waals surface area contributed by atoms with Gasteiger partial charge in [-0.25, -0.2) is 4.98 Å². The zero-order valence-corrected chi connectivity index (χ0v) is 18.2. The van der Waals surface area contributed by atoms with E-state index in [1.54, 1.807) is 17.5 Å². The zero-order valence-electron chi connectivity index (χ0n) is 17.4. The number of imide groups is 1. The predicted octanol–water partition coefficient (Wildman–Crippen LogP) is 4.36. The number of rotatable bonds is 3. The number of para-hydroxylation sites is 1. The highest BCUT2D eigenvalue weighted by atomic mass is 32.1. The number of aromatic nitrogens is 3. The number of thiazole rings is 1. The van der Waals surface area contributed by atoms with Gasteiger partial charge in [-0.05, 0) is 12.1 Å². The Morgan fingerprint density at radius 2 is 1.50 bits per heavy atom. The minimum atomic E-state index is -0.366. The predicted molar refractivity (Wildman–Crippen MR) is 127 cm³/mol. The van der Waals surface area contributed by atoms with E-state index in [2.05, 4.69) is 16.4 Å². The smallest absolute Gasteiger partial charge is 0.259 e. The molecule has 0 saturated carbocycles. The molecule has 6 rings (SSSR count). The molecule has 32 heavy (non-hydrogen) atoms. The Balaban J connectivity index is 1.62. The van der Waals surface area contributed by atoms with E-state index in [-0.39, 0.29) is 11.8 Å². The van der Waals surface area contributed by atoms with Gasteiger partial charge in [0.2, 0.25) is 0 Å². The molecule has 5 aromatic rings. The van der Waals surface area contributed by atoms with E-state index in [0.29, 0.717) is 11.1 Å². The molecule has 0 saturated heterocycles. The molecule has 6 nitrogen and oxygen atoms in total. The maximum Gasteiger partial charge on any atom is 0.259 e. The van der Waals surface area contributed by atoms with Gasteiger partial charge in [0.1, 0.15) is 5.01 Å². The molecule has 156 valence electrons. The first-order chi connectivity index (χ1) is 15.5. The molecule has 0 unspecified atom stereocenters. The minimum absolute atomic E-state index is 0.363. The average molecular weight is 439 g/mol. The fraction of sp³-hybridized carbons (Fsp3) is 0.0800. The summed E-state index contributed by atoms with van der Waals surface area (Å²) in [6, 6.07) is 14.0. The first kappa shape index (κ1) is 18.8. The van der Waals surface area contributed by atoms with Crippen LogP contribution in [0.2, 0.25) is 0 Å². The van der Waals surface area contributed by atoms with E-state index in [4.69, 9.17) is 0 Å². The van der Waals surface area contributed by atoms with E-state index in [9.17, 15) is 9.59 Å². The largest absolute Gasteiger partial charge is 0.350 e. The summed E-state index contributed by atoms with van der Waals surface area (Å²) in [4.78, 5) is 30.4. The van der Waals surface area contributed by atoms with Crippen LogP contribution in [0.25, 0.3) is 43.5 Å². The third-order valence-corrected chi connectivity index (χ3v) is 6.86. The van der Waals surface area contributed by atoms with Crippen LogP contribution in [0.3, 0.4) is 0 Å². The topological polar surface area (TPSA) is 68.9 Å². The van der Waals surface area contributed by atoms with Gasteiger partial charge < -0.3 is 9.13 Å². The molecule has 4 heterocycles. The van der Waals surface area contributed by atoms with E-state index < -0.39 is 0 Å². The summed E-state index contributed by atoms with van der Waals surface area (Å²) in [5, 5.41) is 7.28. The van der Waals surface area contributed by atoms with Gasteiger partial charge in [0.15, 0.2) is 0 Å². The van der Waals surface area contributed by atoms with Gasteiger partial charge in [-0.3, -0.25) is 14.9 Å². The van der Waals surface area contributed by atoms with Crippen molar-refractivity contribution in [2.45, 2.75) is 0 Å². The van der Waals surface area contributed by atoms with Crippen molar-refractivity contribution in [1.82, 2.24) is 19.4 Å². The van der Waals surface area contributed by atoms with Gasteiger partial charge in [0.25, 0.3) is 11.8 Å². The number of nitrogens with zero attached hydrogens (tertiary/aromatic N) is 3. The lowest BCUT2D eigenvalue weighted by molar-refractivity contribution is -0.122. The van der Waals surface area contributed by atoms with E-state index in [1.807, 2.05) is 77.4 Å².